The average Bonchev–Trinajstić information content (AvgIpc) is 2.83. The summed E-state index contributed by atoms with van der Waals surface area (Å²) >= 11 is 0. The first-order valence-electron chi connectivity index (χ1n) is 10.9. The summed E-state index contributed by atoms with van der Waals surface area (Å²) < 4.78 is 36.5. The Labute approximate surface area is 199 Å². The Morgan fingerprint density at radius 3 is 2.38 bits per heavy atom. The lowest BCUT2D eigenvalue weighted by Gasteiger charge is -2.42. The normalized spacial score (nSPS) is 16.4. The maximum atomic E-state index is 12.1. The summed E-state index contributed by atoms with van der Waals surface area (Å²) in [5, 5.41) is 0.677. The van der Waals surface area contributed by atoms with Gasteiger partial charge in [0.2, 0.25) is 16.0 Å². The third-order valence-corrected chi connectivity index (χ3v) is 7.76. The Morgan fingerprint density at radius 2 is 1.79 bits per heavy atom. The average molecular weight is 487 g/mol. The van der Waals surface area contributed by atoms with Crippen molar-refractivity contribution >= 4 is 32.7 Å². The minimum absolute atomic E-state index is 0.339. The molecule has 2 N–H and O–H groups in total. The molecule has 4 rings (SSSR count). The first-order valence-corrected chi connectivity index (χ1v) is 12.8. The number of benzene rings is 1. The lowest BCUT2D eigenvalue weighted by Crippen LogP contribution is -2.50. The van der Waals surface area contributed by atoms with Crippen LogP contribution in [0.2, 0.25) is 0 Å². The Bertz CT molecular complexity index is 1280. The quantitative estimate of drug-likeness (QED) is 0.534. The molecule has 1 aliphatic rings. The van der Waals surface area contributed by atoms with Crippen LogP contribution in [0.4, 0.5) is 11.8 Å². The Hall–Kier alpha value is -3.18. The molecule has 1 saturated heterocycles. The number of piperidine rings is 1. The van der Waals surface area contributed by atoms with Gasteiger partial charge in [-0.25, -0.2) is 17.7 Å². The highest BCUT2D eigenvalue weighted by Gasteiger charge is 2.40. The number of pyridine rings is 1. The number of fused-ring (bicyclic) bond motifs is 1. The molecule has 0 unspecified atom stereocenters. The highest BCUT2D eigenvalue weighted by molar-refractivity contribution is 7.88. The molecule has 182 valence electrons. The zero-order chi connectivity index (χ0) is 24.5. The molecule has 1 aliphatic heterocycles. The van der Waals surface area contributed by atoms with Crippen LogP contribution in [0.3, 0.4) is 0 Å². The molecule has 3 heterocycles. The van der Waals surface area contributed by atoms with Crippen molar-refractivity contribution in [3.8, 4) is 11.5 Å². The van der Waals surface area contributed by atoms with Gasteiger partial charge in [0.1, 0.15) is 5.82 Å². The van der Waals surface area contributed by atoms with Gasteiger partial charge in [-0.2, -0.15) is 4.98 Å². The van der Waals surface area contributed by atoms with Crippen LogP contribution in [0.25, 0.3) is 10.9 Å². The highest BCUT2D eigenvalue weighted by Crippen LogP contribution is 2.38. The zero-order valence-electron chi connectivity index (χ0n) is 19.9. The van der Waals surface area contributed by atoms with Crippen LogP contribution in [-0.2, 0) is 15.4 Å². The molecule has 0 radical (unpaired) electrons. The smallest absolute Gasteiger partial charge is 0.227 e. The van der Waals surface area contributed by atoms with E-state index in [2.05, 4.69) is 9.97 Å². The molecule has 3 aromatic rings. The summed E-state index contributed by atoms with van der Waals surface area (Å²) in [4.78, 5) is 15.9. The fraction of sp³-hybridized carbons (Fsp3) is 0.435. The monoisotopic (exact) mass is 486 g/mol. The first-order chi connectivity index (χ1) is 16.2. The highest BCUT2D eigenvalue weighted by atomic mass is 32.2. The number of nitrogens with zero attached hydrogens (tertiary/aromatic N) is 5. The summed E-state index contributed by atoms with van der Waals surface area (Å²) in [5.41, 5.74) is 7.50. The lowest BCUT2D eigenvalue weighted by atomic mass is 9.75. The number of anilines is 2. The molecule has 11 heteroatoms. The Balaban J connectivity index is 1.69. The van der Waals surface area contributed by atoms with Gasteiger partial charge in [-0.3, -0.25) is 4.98 Å². The summed E-state index contributed by atoms with van der Waals surface area (Å²) in [5.74, 6) is 1.92. The van der Waals surface area contributed by atoms with Gasteiger partial charge < -0.3 is 20.1 Å². The standard InChI is InChI=1S/C23H30N6O4S/c1-28(22-26-17-14-19(33-3)18(32-2)13-16(17)21(24)27-22)15-23(20-7-5-6-10-25-20)8-11-29(12-9-23)34(4,30)31/h5-7,10,13-14H,8-9,11-12,15H2,1-4H3,(H2,24,26,27). The van der Waals surface area contributed by atoms with Crippen molar-refractivity contribution in [1.29, 1.82) is 0 Å². The van der Waals surface area contributed by atoms with E-state index >= 15 is 0 Å². The van der Waals surface area contributed by atoms with Crippen molar-refractivity contribution in [3.05, 3.63) is 42.2 Å². The molecule has 0 bridgehead atoms. The third kappa shape index (κ3) is 4.58. The van der Waals surface area contributed by atoms with Crippen LogP contribution < -0.4 is 20.1 Å². The van der Waals surface area contributed by atoms with Gasteiger partial charge in [0, 0.05) is 55.4 Å². The fourth-order valence-electron chi connectivity index (χ4n) is 4.58. The largest absolute Gasteiger partial charge is 0.493 e. The van der Waals surface area contributed by atoms with Crippen LogP contribution >= 0.6 is 0 Å². The van der Waals surface area contributed by atoms with Crippen LogP contribution in [0.5, 0.6) is 11.5 Å². The van der Waals surface area contributed by atoms with Crippen molar-refractivity contribution in [3.63, 3.8) is 0 Å². The van der Waals surface area contributed by atoms with E-state index in [1.165, 1.54) is 10.6 Å². The second-order valence-electron chi connectivity index (χ2n) is 8.65. The number of sulfonamides is 1. The van der Waals surface area contributed by atoms with E-state index in [1.807, 2.05) is 30.1 Å². The van der Waals surface area contributed by atoms with Crippen molar-refractivity contribution in [1.82, 2.24) is 19.3 Å². The van der Waals surface area contributed by atoms with Crippen LogP contribution in [-0.4, -0.2) is 74.8 Å². The minimum atomic E-state index is -3.25. The topological polar surface area (TPSA) is 124 Å². The molecular weight excluding hydrogens is 456 g/mol. The van der Waals surface area contributed by atoms with Crippen LogP contribution in [0.1, 0.15) is 18.5 Å². The molecule has 2 aromatic heterocycles. The molecule has 1 fully saturated rings. The van der Waals surface area contributed by atoms with Crippen LogP contribution in [0.15, 0.2) is 36.5 Å². The SMILES string of the molecule is COc1cc2nc(N(C)CC3(c4ccccn4)CCN(S(C)(=O)=O)CC3)nc(N)c2cc1OC. The van der Waals surface area contributed by atoms with E-state index < -0.39 is 10.0 Å². The number of hydrogen-bond donors (Lipinski definition) is 1. The molecule has 1 aromatic carbocycles. The van der Waals surface area contributed by atoms with E-state index in [-0.39, 0.29) is 5.41 Å². The summed E-state index contributed by atoms with van der Waals surface area (Å²) in [7, 11) is 1.80. The van der Waals surface area contributed by atoms with Gasteiger partial charge in [-0.1, -0.05) is 6.07 Å². The molecule has 0 aliphatic carbocycles. The number of aromatic nitrogens is 3. The number of methoxy groups -OCH3 is 2. The first kappa shape index (κ1) is 24.0. The van der Waals surface area contributed by atoms with Crippen LogP contribution in [0, 0.1) is 0 Å². The van der Waals surface area contributed by atoms with E-state index in [0.717, 1.165) is 5.69 Å². The summed E-state index contributed by atoms with van der Waals surface area (Å²) in [6.07, 6.45) is 4.29. The Kier molecular flexibility index (Phi) is 6.50. The van der Waals surface area contributed by atoms with Crippen molar-refractivity contribution in [2.75, 3.05) is 57.8 Å². The number of nitrogen functional groups attached to an aromatic ring is 1. The lowest BCUT2D eigenvalue weighted by molar-refractivity contribution is 0.232. The number of nitrogens with two attached hydrogens (primary N) is 1. The molecule has 0 atom stereocenters. The second-order valence-corrected chi connectivity index (χ2v) is 10.6. The molecule has 0 spiro atoms. The van der Waals surface area contributed by atoms with Crippen molar-refractivity contribution < 1.29 is 17.9 Å². The Morgan fingerprint density at radius 1 is 1.12 bits per heavy atom. The molecule has 10 nitrogen and oxygen atoms in total. The molecule has 0 amide bonds. The van der Waals surface area contributed by atoms with Crippen molar-refractivity contribution in [2.24, 2.45) is 0 Å². The van der Waals surface area contributed by atoms with Gasteiger partial charge in [0.15, 0.2) is 11.5 Å². The number of rotatable bonds is 7. The molecule has 0 saturated carbocycles. The second kappa shape index (κ2) is 9.22. The van der Waals surface area contributed by atoms with Gasteiger partial charge in [0.25, 0.3) is 0 Å². The van der Waals surface area contributed by atoms with Crippen molar-refractivity contribution in [2.45, 2.75) is 18.3 Å². The predicted octanol–water partition coefficient (Wildman–Crippen LogP) is 2.05. The predicted molar refractivity (Wildman–Crippen MR) is 132 cm³/mol. The number of ether oxygens (including phenoxy) is 2. The van der Waals surface area contributed by atoms with E-state index in [1.54, 1.807) is 32.5 Å². The minimum Gasteiger partial charge on any atom is -0.493 e. The van der Waals surface area contributed by atoms with Gasteiger partial charge in [-0.05, 0) is 31.0 Å². The van der Waals surface area contributed by atoms with Gasteiger partial charge in [-0.15, -0.1) is 0 Å². The summed E-state index contributed by atoms with van der Waals surface area (Å²) in [6, 6.07) is 9.38. The van der Waals surface area contributed by atoms with E-state index in [4.69, 9.17) is 20.2 Å². The maximum absolute atomic E-state index is 12.1. The number of likely N-dealkylation sites (N-methyl/N-ethyl adjacent to an activating group) is 1. The third-order valence-electron chi connectivity index (χ3n) is 6.46. The number of hydrogen-bond acceptors (Lipinski definition) is 9. The van der Waals surface area contributed by atoms with E-state index in [0.29, 0.717) is 66.6 Å². The maximum Gasteiger partial charge on any atom is 0.227 e. The fourth-order valence-corrected chi connectivity index (χ4v) is 5.43. The molecule has 34 heavy (non-hydrogen) atoms. The zero-order valence-corrected chi connectivity index (χ0v) is 20.7. The van der Waals surface area contributed by atoms with Gasteiger partial charge >= 0.3 is 0 Å². The molecular formula is C23H30N6O4S. The van der Waals surface area contributed by atoms with Gasteiger partial charge in [0.05, 0.1) is 26.0 Å². The summed E-state index contributed by atoms with van der Waals surface area (Å²) in [6.45, 7) is 1.42. The van der Waals surface area contributed by atoms with E-state index in [9.17, 15) is 8.42 Å².